The molecule has 0 aromatic heterocycles. The SMILES string of the molecule is CC(=O)Nc1cccc2c1C(=O)c1c(NC3CCCCC3)cc(S(=O)(=O)O)c(N)c1C2=O. The monoisotopic (exact) mass is 457 g/mol. The average molecular weight is 458 g/mol. The van der Waals surface area contributed by atoms with Gasteiger partial charge in [-0.2, -0.15) is 8.42 Å². The summed E-state index contributed by atoms with van der Waals surface area (Å²) in [6, 6.07) is 5.51. The van der Waals surface area contributed by atoms with E-state index in [9.17, 15) is 27.4 Å². The molecule has 1 saturated carbocycles. The van der Waals surface area contributed by atoms with Crippen LogP contribution in [0.5, 0.6) is 0 Å². The summed E-state index contributed by atoms with van der Waals surface area (Å²) in [5, 5.41) is 5.77. The molecule has 0 bridgehead atoms. The van der Waals surface area contributed by atoms with Gasteiger partial charge in [-0.05, 0) is 25.0 Å². The van der Waals surface area contributed by atoms with Crippen LogP contribution >= 0.6 is 0 Å². The molecule has 0 unspecified atom stereocenters. The lowest BCUT2D eigenvalue weighted by Gasteiger charge is -2.29. The second kappa shape index (κ2) is 8.03. The number of rotatable bonds is 4. The molecule has 1 amide bonds. The van der Waals surface area contributed by atoms with Crippen LogP contribution in [0.25, 0.3) is 0 Å². The van der Waals surface area contributed by atoms with Gasteiger partial charge in [0.05, 0.1) is 28.1 Å². The highest BCUT2D eigenvalue weighted by Crippen LogP contribution is 2.41. The first-order valence-electron chi connectivity index (χ1n) is 10.3. The number of ketones is 2. The van der Waals surface area contributed by atoms with Gasteiger partial charge in [-0.3, -0.25) is 18.9 Å². The maximum atomic E-state index is 13.6. The van der Waals surface area contributed by atoms with Crippen molar-refractivity contribution in [2.75, 3.05) is 16.4 Å². The number of nitrogens with one attached hydrogen (secondary N) is 2. The summed E-state index contributed by atoms with van der Waals surface area (Å²) in [5.41, 5.74) is 5.52. The zero-order valence-corrected chi connectivity index (χ0v) is 18.2. The molecule has 32 heavy (non-hydrogen) atoms. The smallest absolute Gasteiger partial charge is 0.296 e. The molecule has 10 heteroatoms. The van der Waals surface area contributed by atoms with E-state index in [4.69, 9.17) is 5.73 Å². The molecule has 0 radical (unpaired) electrons. The molecule has 2 aromatic rings. The number of fused-ring (bicyclic) bond motifs is 2. The highest BCUT2D eigenvalue weighted by atomic mass is 32.2. The zero-order valence-electron chi connectivity index (χ0n) is 17.4. The topological polar surface area (TPSA) is 156 Å². The number of hydrogen-bond donors (Lipinski definition) is 4. The number of hydrogen-bond acceptors (Lipinski definition) is 7. The summed E-state index contributed by atoms with van der Waals surface area (Å²) in [4.78, 5) is 38.0. The quantitative estimate of drug-likeness (QED) is 0.344. The Labute approximate surface area is 185 Å². The van der Waals surface area contributed by atoms with Crippen molar-refractivity contribution in [2.24, 2.45) is 0 Å². The number of anilines is 3. The zero-order chi connectivity index (χ0) is 23.2. The minimum atomic E-state index is -4.76. The number of nitrogens with two attached hydrogens (primary N) is 1. The van der Waals surface area contributed by atoms with E-state index in [-0.39, 0.29) is 39.7 Å². The predicted molar refractivity (Wildman–Crippen MR) is 119 cm³/mol. The summed E-state index contributed by atoms with van der Waals surface area (Å²) >= 11 is 0. The molecule has 0 atom stereocenters. The number of benzene rings is 2. The van der Waals surface area contributed by atoms with Crippen molar-refractivity contribution in [1.29, 1.82) is 0 Å². The maximum Gasteiger partial charge on any atom is 0.296 e. The van der Waals surface area contributed by atoms with Crippen LogP contribution in [-0.4, -0.2) is 36.5 Å². The Hall–Kier alpha value is -3.24. The van der Waals surface area contributed by atoms with Crippen LogP contribution < -0.4 is 16.4 Å². The minimum absolute atomic E-state index is 0.00319. The van der Waals surface area contributed by atoms with Crippen LogP contribution in [0.15, 0.2) is 29.2 Å². The lowest BCUT2D eigenvalue weighted by Crippen LogP contribution is -2.29. The fraction of sp³-hybridized carbons (Fsp3) is 0.318. The van der Waals surface area contributed by atoms with Gasteiger partial charge < -0.3 is 16.4 Å². The third-order valence-electron chi connectivity index (χ3n) is 5.87. The molecular weight excluding hydrogens is 434 g/mol. The highest BCUT2D eigenvalue weighted by molar-refractivity contribution is 7.86. The Bertz CT molecular complexity index is 1260. The maximum absolute atomic E-state index is 13.6. The van der Waals surface area contributed by atoms with Crippen LogP contribution in [0, 0.1) is 0 Å². The van der Waals surface area contributed by atoms with Crippen molar-refractivity contribution in [3.63, 3.8) is 0 Å². The van der Waals surface area contributed by atoms with Gasteiger partial charge in [0.25, 0.3) is 10.1 Å². The summed E-state index contributed by atoms with van der Waals surface area (Å²) in [6.07, 6.45) is 4.66. The largest absolute Gasteiger partial charge is 0.397 e. The molecule has 9 nitrogen and oxygen atoms in total. The van der Waals surface area contributed by atoms with E-state index in [2.05, 4.69) is 10.6 Å². The first-order chi connectivity index (χ1) is 15.1. The fourth-order valence-electron chi connectivity index (χ4n) is 4.48. The first-order valence-corrected chi connectivity index (χ1v) is 11.7. The normalized spacial score (nSPS) is 16.3. The van der Waals surface area contributed by atoms with Crippen LogP contribution in [0.3, 0.4) is 0 Å². The third-order valence-corrected chi connectivity index (χ3v) is 6.77. The van der Waals surface area contributed by atoms with Crippen molar-refractivity contribution in [2.45, 2.75) is 50.0 Å². The number of carbonyl (C=O) groups is 3. The van der Waals surface area contributed by atoms with Crippen LogP contribution in [0.4, 0.5) is 17.1 Å². The standard InChI is InChI=1S/C22H23N3O6S/c1-11(26)24-14-9-5-8-13-17(14)22(28)18-15(25-12-6-3-2-4-7-12)10-16(32(29,30)31)20(23)19(18)21(13)27/h5,8-10,12,25H,2-4,6-7,23H2,1H3,(H,24,26)(H,29,30,31). The van der Waals surface area contributed by atoms with E-state index >= 15 is 0 Å². The van der Waals surface area contributed by atoms with E-state index in [1.807, 2.05) is 0 Å². The summed E-state index contributed by atoms with van der Waals surface area (Å²) in [6.45, 7) is 1.29. The van der Waals surface area contributed by atoms with Gasteiger partial charge in [0.15, 0.2) is 11.6 Å². The lowest BCUT2D eigenvalue weighted by atomic mass is 9.81. The van der Waals surface area contributed by atoms with Crippen LogP contribution in [0.1, 0.15) is 70.9 Å². The van der Waals surface area contributed by atoms with Gasteiger partial charge in [0.2, 0.25) is 5.91 Å². The van der Waals surface area contributed by atoms with Gasteiger partial charge >= 0.3 is 0 Å². The third kappa shape index (κ3) is 3.76. The minimum Gasteiger partial charge on any atom is -0.397 e. The van der Waals surface area contributed by atoms with Gasteiger partial charge in [0.1, 0.15) is 4.90 Å². The molecule has 1 fully saturated rings. The Morgan fingerprint density at radius 1 is 1.03 bits per heavy atom. The molecular formula is C22H23N3O6S. The van der Waals surface area contributed by atoms with E-state index < -0.39 is 38.2 Å². The number of carbonyl (C=O) groups excluding carboxylic acids is 3. The second-order valence-corrected chi connectivity index (χ2v) is 9.50. The van der Waals surface area contributed by atoms with Gasteiger partial charge in [-0.15, -0.1) is 0 Å². The summed E-state index contributed by atoms with van der Waals surface area (Å²) in [5.74, 6) is -1.63. The van der Waals surface area contributed by atoms with E-state index in [0.29, 0.717) is 0 Å². The van der Waals surface area contributed by atoms with Crippen molar-refractivity contribution in [3.05, 3.63) is 46.5 Å². The summed E-state index contributed by atoms with van der Waals surface area (Å²) < 4.78 is 33.7. The van der Waals surface area contributed by atoms with E-state index in [1.165, 1.54) is 25.1 Å². The van der Waals surface area contributed by atoms with E-state index in [0.717, 1.165) is 38.2 Å². The molecule has 0 saturated heterocycles. The lowest BCUT2D eigenvalue weighted by molar-refractivity contribution is -0.114. The van der Waals surface area contributed by atoms with Crippen LogP contribution in [-0.2, 0) is 14.9 Å². The summed E-state index contributed by atoms with van der Waals surface area (Å²) in [7, 11) is -4.76. The average Bonchev–Trinajstić information content (AvgIpc) is 2.72. The first kappa shape index (κ1) is 22.0. The Morgan fingerprint density at radius 2 is 1.72 bits per heavy atom. The predicted octanol–water partition coefficient (Wildman–Crippen LogP) is 2.99. The second-order valence-electron chi connectivity index (χ2n) is 8.11. The van der Waals surface area contributed by atoms with Gasteiger partial charge in [-0.25, -0.2) is 0 Å². The number of amides is 1. The Balaban J connectivity index is 1.97. The molecule has 0 heterocycles. The molecule has 0 aliphatic heterocycles. The molecule has 4 rings (SSSR count). The van der Waals surface area contributed by atoms with Crippen LogP contribution in [0.2, 0.25) is 0 Å². The van der Waals surface area contributed by atoms with Crippen molar-refractivity contribution in [1.82, 2.24) is 0 Å². The van der Waals surface area contributed by atoms with Crippen molar-refractivity contribution in [3.8, 4) is 0 Å². The fourth-order valence-corrected chi connectivity index (χ4v) is 5.13. The van der Waals surface area contributed by atoms with E-state index in [1.54, 1.807) is 0 Å². The molecule has 2 aliphatic carbocycles. The van der Waals surface area contributed by atoms with Crippen molar-refractivity contribution < 1.29 is 27.4 Å². The molecule has 2 aromatic carbocycles. The molecule has 2 aliphatic rings. The van der Waals surface area contributed by atoms with Gasteiger partial charge in [-0.1, -0.05) is 31.4 Å². The molecule has 5 N–H and O–H groups in total. The Morgan fingerprint density at radius 3 is 2.34 bits per heavy atom. The van der Waals surface area contributed by atoms with Crippen molar-refractivity contribution >= 4 is 44.7 Å². The Kier molecular flexibility index (Phi) is 5.51. The highest BCUT2D eigenvalue weighted by Gasteiger charge is 2.38. The molecule has 168 valence electrons. The van der Waals surface area contributed by atoms with Gasteiger partial charge in [0, 0.05) is 24.2 Å². The molecule has 0 spiro atoms. The number of nitrogen functional groups attached to an aromatic ring is 1.